The molecule has 0 amide bonds. The smallest absolute Gasteiger partial charge is 0.341 e. The number of nitrogen functional groups attached to an aromatic ring is 1. The van der Waals surface area contributed by atoms with Gasteiger partial charge in [-0.2, -0.15) is 5.10 Å². The summed E-state index contributed by atoms with van der Waals surface area (Å²) in [5.74, 6) is -0.0676. The molecule has 0 fully saturated rings. The van der Waals surface area contributed by atoms with Gasteiger partial charge in [0, 0.05) is 12.2 Å². The molecule has 0 saturated heterocycles. The van der Waals surface area contributed by atoms with Crippen molar-refractivity contribution < 1.29 is 9.53 Å². The number of hydrogen-bond acceptors (Lipinski definition) is 6. The minimum absolute atomic E-state index is 0.254. The summed E-state index contributed by atoms with van der Waals surface area (Å²) in [6, 6.07) is 1.80. The Hall–Kier alpha value is -2.57. The maximum Gasteiger partial charge on any atom is 0.341 e. The molecule has 0 aliphatic heterocycles. The first-order valence-corrected chi connectivity index (χ1v) is 6.75. The second-order valence-corrected chi connectivity index (χ2v) is 4.81. The average Bonchev–Trinajstić information content (AvgIpc) is 2.90. The SMILES string of the molecule is CCOC(=O)c1cc(N)cnc1Nc1cnn(C(C)C)c1. The second kappa shape index (κ2) is 6.25. The van der Waals surface area contributed by atoms with Gasteiger partial charge in [0.25, 0.3) is 0 Å². The molecule has 0 unspecified atom stereocenters. The summed E-state index contributed by atoms with van der Waals surface area (Å²) >= 11 is 0. The Labute approximate surface area is 123 Å². The summed E-state index contributed by atoms with van der Waals surface area (Å²) < 4.78 is 6.82. The normalized spacial score (nSPS) is 10.7. The van der Waals surface area contributed by atoms with Crippen molar-refractivity contribution in [2.45, 2.75) is 26.8 Å². The van der Waals surface area contributed by atoms with Gasteiger partial charge in [-0.25, -0.2) is 9.78 Å². The lowest BCUT2D eigenvalue weighted by molar-refractivity contribution is 0.0527. The molecule has 0 spiro atoms. The molecule has 2 heterocycles. The molecule has 0 radical (unpaired) electrons. The molecule has 0 aromatic carbocycles. The van der Waals surface area contributed by atoms with Gasteiger partial charge in [0.1, 0.15) is 11.4 Å². The third-order valence-electron chi connectivity index (χ3n) is 2.80. The number of ether oxygens (including phenoxy) is 1. The Balaban J connectivity index is 2.28. The number of esters is 1. The number of nitrogens with one attached hydrogen (secondary N) is 1. The summed E-state index contributed by atoms with van der Waals surface area (Å²) in [5, 5.41) is 7.29. The van der Waals surface area contributed by atoms with Crippen molar-refractivity contribution in [2.24, 2.45) is 0 Å². The summed E-state index contributed by atoms with van der Waals surface area (Å²) in [6.07, 6.45) is 5.00. The fraction of sp³-hybridized carbons (Fsp3) is 0.357. The first-order chi connectivity index (χ1) is 10.0. The van der Waals surface area contributed by atoms with E-state index in [1.54, 1.807) is 19.2 Å². The largest absolute Gasteiger partial charge is 0.462 e. The first kappa shape index (κ1) is 14.8. The van der Waals surface area contributed by atoms with E-state index in [-0.39, 0.29) is 6.04 Å². The summed E-state index contributed by atoms with van der Waals surface area (Å²) in [7, 11) is 0. The molecule has 7 nitrogen and oxygen atoms in total. The number of rotatable bonds is 5. The van der Waals surface area contributed by atoms with E-state index in [9.17, 15) is 4.79 Å². The van der Waals surface area contributed by atoms with Crippen molar-refractivity contribution in [2.75, 3.05) is 17.7 Å². The fourth-order valence-corrected chi connectivity index (χ4v) is 1.77. The van der Waals surface area contributed by atoms with Gasteiger partial charge >= 0.3 is 5.97 Å². The minimum atomic E-state index is -0.462. The van der Waals surface area contributed by atoms with E-state index >= 15 is 0 Å². The van der Waals surface area contributed by atoms with E-state index in [4.69, 9.17) is 10.5 Å². The number of carbonyl (C=O) groups excluding carboxylic acids is 1. The molecule has 0 atom stereocenters. The maximum absolute atomic E-state index is 11.9. The van der Waals surface area contributed by atoms with Crippen LogP contribution in [0.1, 0.15) is 37.2 Å². The molecule has 112 valence electrons. The number of anilines is 3. The highest BCUT2D eigenvalue weighted by Gasteiger charge is 2.15. The number of aromatic nitrogens is 3. The highest BCUT2D eigenvalue weighted by Crippen LogP contribution is 2.21. The Kier molecular flexibility index (Phi) is 4.42. The van der Waals surface area contributed by atoms with Crippen LogP contribution in [0.15, 0.2) is 24.7 Å². The van der Waals surface area contributed by atoms with E-state index in [1.165, 1.54) is 6.20 Å². The molecule has 2 aromatic heterocycles. The quantitative estimate of drug-likeness (QED) is 0.820. The predicted octanol–water partition coefficient (Wildman–Crippen LogP) is 2.36. The van der Waals surface area contributed by atoms with E-state index in [2.05, 4.69) is 15.4 Å². The van der Waals surface area contributed by atoms with E-state index in [0.29, 0.717) is 23.7 Å². The van der Waals surface area contributed by atoms with Crippen molar-refractivity contribution in [3.8, 4) is 0 Å². The van der Waals surface area contributed by atoms with Crippen LogP contribution in [-0.4, -0.2) is 27.3 Å². The third-order valence-corrected chi connectivity index (χ3v) is 2.80. The predicted molar refractivity (Wildman–Crippen MR) is 80.5 cm³/mol. The van der Waals surface area contributed by atoms with Crippen molar-refractivity contribution in [1.29, 1.82) is 0 Å². The molecule has 3 N–H and O–H groups in total. The minimum Gasteiger partial charge on any atom is -0.462 e. The molecule has 2 aromatic rings. The molecule has 7 heteroatoms. The van der Waals surface area contributed by atoms with E-state index in [1.807, 2.05) is 24.7 Å². The Morgan fingerprint density at radius 1 is 1.48 bits per heavy atom. The first-order valence-electron chi connectivity index (χ1n) is 6.75. The van der Waals surface area contributed by atoms with E-state index in [0.717, 1.165) is 5.69 Å². The van der Waals surface area contributed by atoms with Crippen LogP contribution in [0.2, 0.25) is 0 Å². The van der Waals surface area contributed by atoms with Crippen molar-refractivity contribution in [3.63, 3.8) is 0 Å². The zero-order valence-corrected chi connectivity index (χ0v) is 12.3. The van der Waals surface area contributed by atoms with Crippen molar-refractivity contribution in [3.05, 3.63) is 30.2 Å². The second-order valence-electron chi connectivity index (χ2n) is 4.81. The zero-order chi connectivity index (χ0) is 15.4. The molecule has 0 saturated carbocycles. The van der Waals surface area contributed by atoms with Gasteiger partial charge < -0.3 is 15.8 Å². The number of nitrogens with zero attached hydrogens (tertiary/aromatic N) is 3. The van der Waals surface area contributed by atoms with Gasteiger partial charge in [-0.3, -0.25) is 4.68 Å². The topological polar surface area (TPSA) is 95.1 Å². The maximum atomic E-state index is 11.9. The van der Waals surface area contributed by atoms with Crippen LogP contribution in [0.5, 0.6) is 0 Å². The van der Waals surface area contributed by atoms with Crippen LogP contribution in [0, 0.1) is 0 Å². The van der Waals surface area contributed by atoms with Crippen LogP contribution in [0.25, 0.3) is 0 Å². The van der Waals surface area contributed by atoms with Gasteiger partial charge in [-0.15, -0.1) is 0 Å². The number of pyridine rings is 1. The Morgan fingerprint density at radius 3 is 2.86 bits per heavy atom. The van der Waals surface area contributed by atoms with Gasteiger partial charge in [0.05, 0.1) is 30.4 Å². The molecular formula is C14H19N5O2. The lowest BCUT2D eigenvalue weighted by atomic mass is 10.2. The Morgan fingerprint density at radius 2 is 2.24 bits per heavy atom. The summed E-state index contributed by atoms with van der Waals surface area (Å²) in [5.41, 5.74) is 7.13. The molecule has 0 aliphatic carbocycles. The van der Waals surface area contributed by atoms with Crippen LogP contribution < -0.4 is 11.1 Å². The average molecular weight is 289 g/mol. The van der Waals surface area contributed by atoms with E-state index < -0.39 is 5.97 Å². The van der Waals surface area contributed by atoms with Crippen LogP contribution >= 0.6 is 0 Å². The third kappa shape index (κ3) is 3.50. The molecular weight excluding hydrogens is 270 g/mol. The fourth-order valence-electron chi connectivity index (χ4n) is 1.77. The van der Waals surface area contributed by atoms with Gasteiger partial charge in [-0.1, -0.05) is 0 Å². The standard InChI is InChI=1S/C14H19N5O2/c1-4-21-14(20)12-5-10(15)6-16-13(12)18-11-7-17-19(8-11)9(2)3/h5-9H,4,15H2,1-3H3,(H,16,18). The number of carbonyl (C=O) groups is 1. The number of nitrogens with two attached hydrogens (primary N) is 1. The monoisotopic (exact) mass is 289 g/mol. The van der Waals surface area contributed by atoms with Gasteiger partial charge in [0.15, 0.2) is 0 Å². The lowest BCUT2D eigenvalue weighted by Gasteiger charge is -2.09. The summed E-state index contributed by atoms with van der Waals surface area (Å²) in [4.78, 5) is 16.1. The van der Waals surface area contributed by atoms with Crippen LogP contribution in [-0.2, 0) is 4.74 Å². The summed E-state index contributed by atoms with van der Waals surface area (Å²) in [6.45, 7) is 6.10. The molecule has 2 rings (SSSR count). The molecule has 21 heavy (non-hydrogen) atoms. The number of hydrogen-bond donors (Lipinski definition) is 2. The van der Waals surface area contributed by atoms with Crippen molar-refractivity contribution >= 4 is 23.2 Å². The van der Waals surface area contributed by atoms with Crippen LogP contribution in [0.3, 0.4) is 0 Å². The van der Waals surface area contributed by atoms with Crippen LogP contribution in [0.4, 0.5) is 17.2 Å². The lowest BCUT2D eigenvalue weighted by Crippen LogP contribution is -2.10. The zero-order valence-electron chi connectivity index (χ0n) is 12.3. The van der Waals surface area contributed by atoms with Crippen molar-refractivity contribution in [1.82, 2.24) is 14.8 Å². The van der Waals surface area contributed by atoms with Gasteiger partial charge in [-0.05, 0) is 26.8 Å². The highest BCUT2D eigenvalue weighted by atomic mass is 16.5. The van der Waals surface area contributed by atoms with Gasteiger partial charge in [0.2, 0.25) is 0 Å². The highest BCUT2D eigenvalue weighted by molar-refractivity contribution is 5.96. The molecule has 0 aliphatic rings. The molecule has 0 bridgehead atoms. The Bertz CT molecular complexity index is 636.